The maximum absolute atomic E-state index is 2.65. The first-order valence-corrected chi connectivity index (χ1v) is 15.0. The van der Waals surface area contributed by atoms with E-state index < -0.39 is 0 Å². The van der Waals surface area contributed by atoms with E-state index in [1.165, 1.54) is 66.4 Å². The van der Waals surface area contributed by atoms with Crippen LogP contribution in [-0.4, -0.2) is 18.3 Å². The van der Waals surface area contributed by atoms with E-state index in [4.69, 9.17) is 0 Å². The van der Waals surface area contributed by atoms with E-state index in [0.717, 1.165) is 13.1 Å². The fourth-order valence-corrected chi connectivity index (χ4v) is 7.62. The molecule has 0 saturated heterocycles. The van der Waals surface area contributed by atoms with Crippen LogP contribution in [-0.2, 0) is 20.1 Å². The van der Waals surface area contributed by atoms with Gasteiger partial charge in [0, 0.05) is 63.7 Å². The van der Waals surface area contributed by atoms with E-state index in [-0.39, 0.29) is 6.04 Å². The van der Waals surface area contributed by atoms with Gasteiger partial charge in [-0.25, -0.2) is 0 Å². The van der Waals surface area contributed by atoms with Gasteiger partial charge in [0.2, 0.25) is 0 Å². The number of aryl methyl sites for hydroxylation is 1. The molecule has 0 aliphatic carbocycles. The van der Waals surface area contributed by atoms with E-state index in [1.807, 2.05) is 0 Å². The average molecular weight is 545 g/mol. The Kier molecular flexibility index (Phi) is 4.95. The zero-order chi connectivity index (χ0) is 27.9. The van der Waals surface area contributed by atoms with Crippen LogP contribution in [0.15, 0.2) is 121 Å². The molecule has 0 bridgehead atoms. The van der Waals surface area contributed by atoms with Crippen molar-refractivity contribution in [3.8, 4) is 22.8 Å². The van der Waals surface area contributed by atoms with Gasteiger partial charge in [-0.1, -0.05) is 79.7 Å². The first-order valence-electron chi connectivity index (χ1n) is 15.0. The van der Waals surface area contributed by atoms with Crippen LogP contribution in [0.4, 0.5) is 0 Å². The molecule has 1 aliphatic rings. The minimum Gasteiger partial charge on any atom is -0.342 e. The number of aromatic nitrogens is 4. The molecule has 204 valence electrons. The number of rotatable bonds is 3. The number of fused-ring (bicyclic) bond motifs is 9. The molecular formula is C38H32N4. The Hall–Kier alpha value is -4.96. The molecule has 0 saturated carbocycles. The van der Waals surface area contributed by atoms with Crippen LogP contribution < -0.4 is 0 Å². The molecule has 0 radical (unpaired) electrons. The maximum atomic E-state index is 2.65. The van der Waals surface area contributed by atoms with E-state index in [2.05, 4.69) is 154 Å². The maximum Gasteiger partial charge on any atom is 0.0662 e. The van der Waals surface area contributed by atoms with Crippen molar-refractivity contribution in [2.75, 3.05) is 0 Å². The molecule has 0 N–H and O–H groups in total. The van der Waals surface area contributed by atoms with Crippen molar-refractivity contribution in [2.24, 2.45) is 13.0 Å². The molecule has 9 rings (SSSR count). The van der Waals surface area contributed by atoms with Gasteiger partial charge in [-0.3, -0.25) is 0 Å². The van der Waals surface area contributed by atoms with E-state index in [1.54, 1.807) is 0 Å². The first-order chi connectivity index (χ1) is 20.7. The largest absolute Gasteiger partial charge is 0.342 e. The zero-order valence-corrected chi connectivity index (χ0v) is 23.9. The highest BCUT2D eigenvalue weighted by molar-refractivity contribution is 5.93. The molecule has 0 amide bonds. The highest BCUT2D eigenvalue weighted by Crippen LogP contribution is 2.43. The third kappa shape index (κ3) is 3.29. The zero-order valence-electron chi connectivity index (χ0n) is 23.9. The Morgan fingerprint density at radius 1 is 0.548 bits per heavy atom. The normalized spacial score (nSPS) is 16.8. The van der Waals surface area contributed by atoms with Gasteiger partial charge >= 0.3 is 0 Å². The Bertz CT molecular complexity index is 2300. The van der Waals surface area contributed by atoms with Crippen LogP contribution >= 0.6 is 0 Å². The molecule has 42 heavy (non-hydrogen) atoms. The van der Waals surface area contributed by atoms with Gasteiger partial charge in [-0.2, -0.15) is 0 Å². The molecule has 5 heterocycles. The molecule has 4 aromatic carbocycles. The second kappa shape index (κ2) is 8.77. The summed E-state index contributed by atoms with van der Waals surface area (Å²) in [6.07, 6.45) is 0. The fraction of sp³-hybridized carbons (Fsp3) is 0.158. The lowest BCUT2D eigenvalue weighted by atomic mass is 10.0. The summed E-state index contributed by atoms with van der Waals surface area (Å²) in [5, 5.41) is 5.17. The molecule has 4 heteroatoms. The average Bonchev–Trinajstić information content (AvgIpc) is 3.75. The van der Waals surface area contributed by atoms with Crippen molar-refractivity contribution in [2.45, 2.75) is 26.1 Å². The fourth-order valence-electron chi connectivity index (χ4n) is 7.62. The Morgan fingerprint density at radius 2 is 1.05 bits per heavy atom. The minimum atomic E-state index is 0.266. The van der Waals surface area contributed by atoms with Gasteiger partial charge in [0.25, 0.3) is 0 Å². The van der Waals surface area contributed by atoms with Crippen LogP contribution in [0.5, 0.6) is 0 Å². The van der Waals surface area contributed by atoms with Crippen LogP contribution in [0.1, 0.15) is 13.0 Å². The monoisotopic (exact) mass is 544 g/mol. The lowest BCUT2D eigenvalue weighted by Gasteiger charge is -2.28. The van der Waals surface area contributed by atoms with Gasteiger partial charge in [0.05, 0.1) is 28.8 Å². The second-order valence-corrected chi connectivity index (χ2v) is 12.0. The summed E-state index contributed by atoms with van der Waals surface area (Å²) in [6, 6.07) is 45.1. The summed E-state index contributed by atoms with van der Waals surface area (Å²) in [6.45, 7) is 4.31. The number of nitrogens with zero attached hydrogens (tertiary/aromatic N) is 4. The number of para-hydroxylation sites is 4. The van der Waals surface area contributed by atoms with Gasteiger partial charge < -0.3 is 18.3 Å². The Labute approximate surface area is 244 Å². The third-order valence-electron chi connectivity index (χ3n) is 9.67. The van der Waals surface area contributed by atoms with E-state index >= 15 is 0 Å². The Morgan fingerprint density at radius 3 is 1.76 bits per heavy atom. The SMILES string of the molecule is CC1Cn2c(cc3ccccc32)-c2cc3ccccc3n2C1Cn1c(-c2cc3ccccc3n2C)cc2ccccc21. The molecule has 8 aromatic rings. The Balaban J connectivity index is 1.28. The summed E-state index contributed by atoms with van der Waals surface area (Å²) in [5.74, 6) is 0.401. The van der Waals surface area contributed by atoms with Crippen LogP contribution in [0.3, 0.4) is 0 Å². The summed E-state index contributed by atoms with van der Waals surface area (Å²) < 4.78 is 10.1. The van der Waals surface area contributed by atoms with Gasteiger partial charge in [-0.05, 0) is 54.4 Å². The lowest BCUT2D eigenvalue weighted by molar-refractivity contribution is 0.306. The number of hydrogen-bond acceptors (Lipinski definition) is 0. The molecule has 2 unspecified atom stereocenters. The predicted molar refractivity (Wildman–Crippen MR) is 175 cm³/mol. The van der Waals surface area contributed by atoms with E-state index in [0.29, 0.717) is 5.92 Å². The van der Waals surface area contributed by atoms with Crippen molar-refractivity contribution in [3.63, 3.8) is 0 Å². The van der Waals surface area contributed by atoms with Gasteiger partial charge in [0.15, 0.2) is 0 Å². The topological polar surface area (TPSA) is 19.7 Å². The summed E-state index contributed by atoms with van der Waals surface area (Å²) >= 11 is 0. The smallest absolute Gasteiger partial charge is 0.0662 e. The highest BCUT2D eigenvalue weighted by Gasteiger charge is 2.31. The van der Waals surface area contributed by atoms with Crippen molar-refractivity contribution >= 4 is 43.6 Å². The van der Waals surface area contributed by atoms with Crippen LogP contribution in [0.2, 0.25) is 0 Å². The van der Waals surface area contributed by atoms with Gasteiger partial charge in [-0.15, -0.1) is 0 Å². The molecular weight excluding hydrogens is 512 g/mol. The van der Waals surface area contributed by atoms with E-state index in [9.17, 15) is 0 Å². The minimum absolute atomic E-state index is 0.266. The van der Waals surface area contributed by atoms with Gasteiger partial charge in [0.1, 0.15) is 0 Å². The summed E-state index contributed by atoms with van der Waals surface area (Å²) in [4.78, 5) is 0. The predicted octanol–water partition coefficient (Wildman–Crippen LogP) is 9.27. The van der Waals surface area contributed by atoms with Crippen molar-refractivity contribution in [3.05, 3.63) is 121 Å². The molecule has 1 aliphatic heterocycles. The van der Waals surface area contributed by atoms with Crippen molar-refractivity contribution < 1.29 is 0 Å². The quantitative estimate of drug-likeness (QED) is 0.211. The molecule has 4 nitrogen and oxygen atoms in total. The number of benzene rings is 4. The lowest BCUT2D eigenvalue weighted by Crippen LogP contribution is -2.24. The highest BCUT2D eigenvalue weighted by atomic mass is 15.2. The molecule has 0 spiro atoms. The third-order valence-corrected chi connectivity index (χ3v) is 9.67. The molecule has 0 fully saturated rings. The van der Waals surface area contributed by atoms with Crippen LogP contribution in [0.25, 0.3) is 66.4 Å². The first kappa shape index (κ1) is 23.7. The summed E-state index contributed by atoms with van der Waals surface area (Å²) in [7, 11) is 2.20. The second-order valence-electron chi connectivity index (χ2n) is 12.0. The van der Waals surface area contributed by atoms with Crippen molar-refractivity contribution in [1.82, 2.24) is 18.3 Å². The standard InChI is InChI=1S/C38H32N4/c1-25-23-40-31-16-8-4-13-28(31)21-36(40)37-22-29-14-6-10-18-33(29)42(37)38(25)24-41-32-17-9-5-12-27(32)20-35(41)34-19-26-11-3-7-15-30(26)39(34)2/h3-22,25,38H,23-24H2,1-2H3. The molecule has 2 atom stereocenters. The summed E-state index contributed by atoms with van der Waals surface area (Å²) in [5.41, 5.74) is 10.3. The molecule has 4 aromatic heterocycles. The van der Waals surface area contributed by atoms with Crippen LogP contribution in [0, 0.1) is 5.92 Å². The number of hydrogen-bond donors (Lipinski definition) is 0. The van der Waals surface area contributed by atoms with Crippen molar-refractivity contribution in [1.29, 1.82) is 0 Å².